The van der Waals surface area contributed by atoms with Gasteiger partial charge < -0.3 is 24.3 Å². The molecule has 0 radical (unpaired) electrons. The summed E-state index contributed by atoms with van der Waals surface area (Å²) in [5.41, 5.74) is 1.07. The molecule has 2 heterocycles. The van der Waals surface area contributed by atoms with E-state index < -0.39 is 9.84 Å². The Hall–Kier alpha value is -3.24. The van der Waals surface area contributed by atoms with E-state index in [1.807, 2.05) is 0 Å². The van der Waals surface area contributed by atoms with Crippen molar-refractivity contribution in [1.82, 2.24) is 0 Å². The number of nitrogens with one attached hydrogen (secondary N) is 1. The lowest BCUT2D eigenvalue weighted by Crippen LogP contribution is -2.23. The highest BCUT2D eigenvalue weighted by atomic mass is 32.2. The average molecular weight is 490 g/mol. The zero-order chi connectivity index (χ0) is 23.8. The van der Waals surface area contributed by atoms with Crippen molar-refractivity contribution < 1.29 is 32.2 Å². The van der Waals surface area contributed by atoms with Crippen LogP contribution in [0.5, 0.6) is 23.0 Å². The summed E-state index contributed by atoms with van der Waals surface area (Å²) in [7, 11) is 2.21. The SMILES string of the molecule is COc1ccc(S(=O)(=O)c2csc3c2NC(=O)C[C@@H]3c2cc(OC)c(OC)c(OC)c2)cc1. The van der Waals surface area contributed by atoms with E-state index in [-0.39, 0.29) is 28.0 Å². The molecule has 33 heavy (non-hydrogen) atoms. The lowest BCUT2D eigenvalue weighted by Gasteiger charge is -2.25. The highest BCUT2D eigenvalue weighted by Crippen LogP contribution is 2.48. The van der Waals surface area contributed by atoms with Gasteiger partial charge in [-0.1, -0.05) is 0 Å². The Bertz CT molecular complexity index is 1270. The number of anilines is 1. The van der Waals surface area contributed by atoms with Crippen LogP contribution in [0.4, 0.5) is 5.69 Å². The van der Waals surface area contributed by atoms with Crippen LogP contribution >= 0.6 is 11.3 Å². The minimum atomic E-state index is -3.86. The van der Waals surface area contributed by atoms with Gasteiger partial charge >= 0.3 is 0 Å². The maximum absolute atomic E-state index is 13.4. The Balaban J connectivity index is 1.82. The first kappa shape index (κ1) is 22.9. The Morgan fingerprint density at radius 1 is 0.939 bits per heavy atom. The molecule has 1 N–H and O–H groups in total. The number of hydrogen-bond donors (Lipinski definition) is 1. The molecule has 8 nitrogen and oxygen atoms in total. The summed E-state index contributed by atoms with van der Waals surface area (Å²) in [6, 6.07) is 9.71. The maximum atomic E-state index is 13.4. The second-order valence-electron chi connectivity index (χ2n) is 7.28. The molecule has 0 aliphatic carbocycles. The smallest absolute Gasteiger partial charge is 0.225 e. The molecule has 1 atom stereocenters. The first-order valence-electron chi connectivity index (χ1n) is 9.94. The number of sulfone groups is 1. The molecule has 10 heteroatoms. The summed E-state index contributed by atoms with van der Waals surface area (Å²) in [5, 5.41) is 4.34. The largest absolute Gasteiger partial charge is 0.497 e. The van der Waals surface area contributed by atoms with Gasteiger partial charge in [0.25, 0.3) is 0 Å². The van der Waals surface area contributed by atoms with Gasteiger partial charge in [-0.2, -0.15) is 0 Å². The van der Waals surface area contributed by atoms with E-state index in [9.17, 15) is 13.2 Å². The zero-order valence-electron chi connectivity index (χ0n) is 18.5. The molecule has 0 saturated heterocycles. The monoisotopic (exact) mass is 489 g/mol. The van der Waals surface area contributed by atoms with Crippen molar-refractivity contribution in [3.05, 3.63) is 52.2 Å². The molecule has 0 unspecified atom stereocenters. The quantitative estimate of drug-likeness (QED) is 0.534. The van der Waals surface area contributed by atoms with Crippen LogP contribution in [0.2, 0.25) is 0 Å². The summed E-state index contributed by atoms with van der Waals surface area (Å²) in [6.45, 7) is 0. The van der Waals surface area contributed by atoms with Gasteiger partial charge in [0.15, 0.2) is 11.5 Å². The lowest BCUT2D eigenvalue weighted by atomic mass is 9.90. The number of thiophene rings is 1. The summed E-state index contributed by atoms with van der Waals surface area (Å²) in [5.74, 6) is 1.28. The van der Waals surface area contributed by atoms with Crippen molar-refractivity contribution >= 4 is 32.8 Å². The molecule has 174 valence electrons. The number of rotatable bonds is 7. The predicted octanol–water partition coefficient (Wildman–Crippen LogP) is 4.09. The van der Waals surface area contributed by atoms with E-state index in [0.29, 0.717) is 28.7 Å². The Morgan fingerprint density at radius 3 is 2.12 bits per heavy atom. The third-order valence-electron chi connectivity index (χ3n) is 5.50. The minimum absolute atomic E-state index is 0.0677. The maximum Gasteiger partial charge on any atom is 0.225 e. The molecular formula is C23H23NO7S2. The van der Waals surface area contributed by atoms with E-state index in [4.69, 9.17) is 18.9 Å². The number of methoxy groups -OCH3 is 4. The average Bonchev–Trinajstić information content (AvgIpc) is 3.27. The van der Waals surface area contributed by atoms with Crippen LogP contribution < -0.4 is 24.3 Å². The molecule has 4 rings (SSSR count). The fraction of sp³-hybridized carbons (Fsp3) is 0.261. The number of fused-ring (bicyclic) bond motifs is 1. The van der Waals surface area contributed by atoms with Crippen molar-refractivity contribution in [1.29, 1.82) is 0 Å². The first-order chi connectivity index (χ1) is 15.8. The van der Waals surface area contributed by atoms with E-state index in [1.54, 1.807) is 29.6 Å². The van der Waals surface area contributed by atoms with Crippen molar-refractivity contribution in [2.24, 2.45) is 0 Å². The molecule has 0 bridgehead atoms. The zero-order valence-corrected chi connectivity index (χ0v) is 20.1. The Labute approximate surface area is 196 Å². The van der Waals surface area contributed by atoms with Crippen LogP contribution in [-0.4, -0.2) is 42.8 Å². The van der Waals surface area contributed by atoms with E-state index in [1.165, 1.54) is 51.9 Å². The van der Waals surface area contributed by atoms with Crippen LogP contribution in [-0.2, 0) is 14.6 Å². The molecule has 1 aromatic heterocycles. The highest BCUT2D eigenvalue weighted by molar-refractivity contribution is 7.91. The van der Waals surface area contributed by atoms with E-state index in [2.05, 4.69) is 5.32 Å². The summed E-state index contributed by atoms with van der Waals surface area (Å²) in [6.07, 6.45) is 0.161. The molecule has 3 aromatic rings. The topological polar surface area (TPSA) is 100 Å². The highest BCUT2D eigenvalue weighted by Gasteiger charge is 2.35. The number of amides is 1. The van der Waals surface area contributed by atoms with Crippen LogP contribution in [0.15, 0.2) is 51.6 Å². The Kier molecular flexibility index (Phi) is 6.22. The number of benzene rings is 2. The van der Waals surface area contributed by atoms with Crippen LogP contribution in [0.1, 0.15) is 22.8 Å². The molecule has 2 aromatic carbocycles. The standard InChI is InChI=1S/C23H23NO7S2/c1-28-14-5-7-15(8-6-14)33(26,27)19-12-32-23-16(11-20(25)24-21(19)23)13-9-17(29-2)22(31-4)18(10-13)30-3/h5-10,12,16H,11H2,1-4H3,(H,24,25)/t16-/m1/s1. The predicted molar refractivity (Wildman–Crippen MR) is 124 cm³/mol. The van der Waals surface area contributed by atoms with Gasteiger partial charge in [0.05, 0.1) is 39.0 Å². The van der Waals surface area contributed by atoms with Gasteiger partial charge in [-0.15, -0.1) is 11.3 Å². The molecule has 1 aliphatic heterocycles. The van der Waals surface area contributed by atoms with Gasteiger partial charge in [0.1, 0.15) is 10.6 Å². The van der Waals surface area contributed by atoms with Gasteiger partial charge in [-0.25, -0.2) is 8.42 Å². The normalized spacial score (nSPS) is 15.4. The van der Waals surface area contributed by atoms with Crippen molar-refractivity contribution in [3.63, 3.8) is 0 Å². The lowest BCUT2D eigenvalue weighted by molar-refractivity contribution is -0.116. The number of ether oxygens (including phenoxy) is 4. The van der Waals surface area contributed by atoms with Gasteiger partial charge in [-0.05, 0) is 42.0 Å². The molecular weight excluding hydrogens is 466 g/mol. The van der Waals surface area contributed by atoms with Gasteiger partial charge in [-0.3, -0.25) is 4.79 Å². The fourth-order valence-corrected chi connectivity index (χ4v) is 6.76. The van der Waals surface area contributed by atoms with Gasteiger partial charge in [0, 0.05) is 22.6 Å². The second-order valence-corrected chi connectivity index (χ2v) is 10.1. The summed E-state index contributed by atoms with van der Waals surface area (Å²) < 4.78 is 48.1. The third-order valence-corrected chi connectivity index (χ3v) is 8.54. The van der Waals surface area contributed by atoms with E-state index in [0.717, 1.165) is 10.4 Å². The van der Waals surface area contributed by atoms with E-state index >= 15 is 0 Å². The molecule has 0 fully saturated rings. The molecule has 1 aliphatic rings. The van der Waals surface area contributed by atoms with Crippen LogP contribution in [0, 0.1) is 0 Å². The Morgan fingerprint density at radius 2 is 1.58 bits per heavy atom. The minimum Gasteiger partial charge on any atom is -0.497 e. The summed E-state index contributed by atoms with van der Waals surface area (Å²) in [4.78, 5) is 13.6. The first-order valence-corrected chi connectivity index (χ1v) is 12.3. The number of carbonyl (C=O) groups is 1. The molecule has 0 spiro atoms. The van der Waals surface area contributed by atoms with Crippen LogP contribution in [0.25, 0.3) is 0 Å². The van der Waals surface area contributed by atoms with Gasteiger partial charge in [0.2, 0.25) is 21.5 Å². The van der Waals surface area contributed by atoms with Crippen molar-refractivity contribution in [3.8, 4) is 23.0 Å². The molecule has 0 saturated carbocycles. The second kappa shape index (κ2) is 8.95. The fourth-order valence-electron chi connectivity index (χ4n) is 3.86. The number of carbonyl (C=O) groups excluding carboxylic acids is 1. The molecule has 1 amide bonds. The number of hydrogen-bond acceptors (Lipinski definition) is 8. The van der Waals surface area contributed by atoms with Crippen LogP contribution in [0.3, 0.4) is 0 Å². The van der Waals surface area contributed by atoms with Crippen molar-refractivity contribution in [2.45, 2.75) is 22.1 Å². The third kappa shape index (κ3) is 4.00. The summed E-state index contributed by atoms with van der Waals surface area (Å²) >= 11 is 1.29. The van der Waals surface area contributed by atoms with Crippen molar-refractivity contribution in [2.75, 3.05) is 33.8 Å².